The molecule has 3 aromatic rings. The molecule has 0 saturated heterocycles. The number of carbonyl (C=O) groups excluding carboxylic acids is 2. The Kier molecular flexibility index (Phi) is 7.31. The number of anilines is 3. The number of fused-ring (bicyclic) bond motifs is 1. The van der Waals surface area contributed by atoms with Crippen LogP contribution in [0.5, 0.6) is 0 Å². The minimum atomic E-state index is -0.921. The number of hydrogen-bond acceptors (Lipinski definition) is 5. The predicted molar refractivity (Wildman–Crippen MR) is 148 cm³/mol. The van der Waals surface area contributed by atoms with E-state index < -0.39 is 23.8 Å². The number of carbonyl (C=O) groups is 2. The van der Waals surface area contributed by atoms with Crippen molar-refractivity contribution in [1.82, 2.24) is 9.80 Å². The summed E-state index contributed by atoms with van der Waals surface area (Å²) >= 11 is 5.95. The lowest BCUT2D eigenvalue weighted by Crippen LogP contribution is -2.39. The summed E-state index contributed by atoms with van der Waals surface area (Å²) in [6.45, 7) is 2.22. The fourth-order valence-corrected chi connectivity index (χ4v) is 4.88. The average Bonchev–Trinajstić information content (AvgIpc) is 3.51. The Morgan fingerprint density at radius 1 is 1.08 bits per heavy atom. The molecule has 3 amide bonds. The van der Waals surface area contributed by atoms with Crippen molar-refractivity contribution in [1.29, 1.82) is 0 Å². The van der Waals surface area contributed by atoms with Gasteiger partial charge in [-0.2, -0.15) is 0 Å². The minimum Gasteiger partial charge on any atom is -0.327 e. The molecule has 2 aliphatic rings. The molecule has 1 unspecified atom stereocenters. The van der Waals surface area contributed by atoms with Gasteiger partial charge in [0, 0.05) is 29.5 Å². The third-order valence-electron chi connectivity index (χ3n) is 6.52. The Morgan fingerprint density at radius 2 is 1.84 bits per heavy atom. The Labute approximate surface area is 225 Å². The highest BCUT2D eigenvalue weighted by Crippen LogP contribution is 2.35. The van der Waals surface area contributed by atoms with Gasteiger partial charge in [0.15, 0.2) is 0 Å². The second-order valence-corrected chi connectivity index (χ2v) is 9.94. The number of amides is 3. The standard InChI is InChI=1S/C28H28ClFN6O2/c1-34(2)17-25-31-13-14-35(25)21-11-12-24(23(30)15-21)33-27(37)26-22-6-4-3-5-18(22)16-36(26)28(38)32-20-9-7-19(29)8-10-20/h3-12,15,26H,13-14,16-17H2,1-2H3,(H,32,38)(H,33,37). The monoisotopic (exact) mass is 534 g/mol. The van der Waals surface area contributed by atoms with E-state index in [1.165, 1.54) is 11.0 Å². The van der Waals surface area contributed by atoms with E-state index in [1.54, 1.807) is 36.4 Å². The fraction of sp³-hybridized carbons (Fsp3) is 0.250. The molecule has 0 aromatic heterocycles. The number of nitrogens with zero attached hydrogens (tertiary/aromatic N) is 4. The van der Waals surface area contributed by atoms with E-state index in [2.05, 4.69) is 15.6 Å². The lowest BCUT2D eigenvalue weighted by molar-refractivity contribution is -0.120. The first-order valence-electron chi connectivity index (χ1n) is 12.3. The van der Waals surface area contributed by atoms with Crippen molar-refractivity contribution in [2.45, 2.75) is 12.6 Å². The Hall–Kier alpha value is -3.95. The van der Waals surface area contributed by atoms with Crippen LogP contribution in [0.4, 0.5) is 26.2 Å². The van der Waals surface area contributed by atoms with Gasteiger partial charge in [0.25, 0.3) is 5.91 Å². The number of urea groups is 1. The van der Waals surface area contributed by atoms with Gasteiger partial charge in [0.2, 0.25) is 0 Å². The van der Waals surface area contributed by atoms with E-state index >= 15 is 4.39 Å². The highest BCUT2D eigenvalue weighted by molar-refractivity contribution is 6.30. The summed E-state index contributed by atoms with van der Waals surface area (Å²) in [6.07, 6.45) is 0. The maximum atomic E-state index is 15.2. The largest absolute Gasteiger partial charge is 0.327 e. The van der Waals surface area contributed by atoms with E-state index in [0.717, 1.165) is 11.4 Å². The van der Waals surface area contributed by atoms with Crippen LogP contribution in [0, 0.1) is 5.82 Å². The van der Waals surface area contributed by atoms with E-state index in [9.17, 15) is 9.59 Å². The molecule has 2 N–H and O–H groups in total. The quantitative estimate of drug-likeness (QED) is 0.467. The van der Waals surface area contributed by atoms with Crippen molar-refractivity contribution in [3.8, 4) is 0 Å². The van der Waals surface area contributed by atoms with Crippen LogP contribution in [0.3, 0.4) is 0 Å². The van der Waals surface area contributed by atoms with Crippen LogP contribution in [0.25, 0.3) is 0 Å². The maximum Gasteiger partial charge on any atom is 0.323 e. The Balaban J connectivity index is 1.35. The zero-order valence-electron chi connectivity index (χ0n) is 21.1. The van der Waals surface area contributed by atoms with E-state index in [0.29, 0.717) is 41.6 Å². The molecule has 0 bridgehead atoms. The molecule has 0 fully saturated rings. The SMILES string of the molecule is CN(C)CC1=NCCN1c1ccc(NC(=O)C2c3ccccc3CN2C(=O)Nc2ccc(Cl)cc2)c(F)c1. The highest BCUT2D eigenvalue weighted by Gasteiger charge is 2.38. The smallest absolute Gasteiger partial charge is 0.323 e. The topological polar surface area (TPSA) is 80.3 Å². The van der Waals surface area contributed by atoms with E-state index in [1.807, 2.05) is 48.2 Å². The molecule has 8 nitrogen and oxygen atoms in total. The van der Waals surface area contributed by atoms with Crippen LogP contribution in [-0.4, -0.2) is 61.3 Å². The lowest BCUT2D eigenvalue weighted by atomic mass is 10.0. The van der Waals surface area contributed by atoms with Crippen molar-refractivity contribution >= 4 is 46.4 Å². The summed E-state index contributed by atoms with van der Waals surface area (Å²) in [5.74, 6) is -0.185. The molecule has 196 valence electrons. The van der Waals surface area contributed by atoms with Crippen molar-refractivity contribution in [3.63, 3.8) is 0 Å². The normalized spacial score (nSPS) is 16.4. The van der Waals surface area contributed by atoms with Gasteiger partial charge >= 0.3 is 6.03 Å². The molecule has 10 heteroatoms. The van der Waals surface area contributed by atoms with Gasteiger partial charge in [-0.15, -0.1) is 0 Å². The van der Waals surface area contributed by atoms with Crippen LogP contribution < -0.4 is 15.5 Å². The van der Waals surface area contributed by atoms with Crippen molar-refractivity contribution in [3.05, 3.63) is 88.7 Å². The number of hydrogen-bond donors (Lipinski definition) is 2. The van der Waals surface area contributed by atoms with Crippen LogP contribution in [0.15, 0.2) is 71.7 Å². The molecular weight excluding hydrogens is 507 g/mol. The first-order chi connectivity index (χ1) is 18.3. The lowest BCUT2D eigenvalue weighted by Gasteiger charge is -2.25. The van der Waals surface area contributed by atoms with Crippen molar-refractivity contribution in [2.24, 2.45) is 4.99 Å². The zero-order chi connectivity index (χ0) is 26.8. The molecule has 1 atom stereocenters. The number of amidine groups is 1. The second-order valence-electron chi connectivity index (χ2n) is 9.51. The fourth-order valence-electron chi connectivity index (χ4n) is 4.75. The predicted octanol–water partition coefficient (Wildman–Crippen LogP) is 4.99. The molecule has 2 aliphatic heterocycles. The molecule has 0 spiro atoms. The van der Waals surface area contributed by atoms with E-state index in [4.69, 9.17) is 11.6 Å². The van der Waals surface area contributed by atoms with Gasteiger partial charge in [0.05, 0.1) is 18.8 Å². The number of aliphatic imine (C=N–C) groups is 1. The maximum absolute atomic E-state index is 15.2. The number of halogens is 2. The molecule has 0 radical (unpaired) electrons. The third-order valence-corrected chi connectivity index (χ3v) is 6.77. The summed E-state index contributed by atoms with van der Waals surface area (Å²) in [6, 6.07) is 17.4. The zero-order valence-corrected chi connectivity index (χ0v) is 21.9. The Morgan fingerprint density at radius 3 is 2.58 bits per heavy atom. The summed E-state index contributed by atoms with van der Waals surface area (Å²) in [5, 5.41) is 6.07. The summed E-state index contributed by atoms with van der Waals surface area (Å²) in [4.78, 5) is 36.7. The van der Waals surface area contributed by atoms with Crippen LogP contribution in [0.1, 0.15) is 17.2 Å². The first kappa shape index (κ1) is 25.7. The van der Waals surface area contributed by atoms with Crippen LogP contribution >= 0.6 is 11.6 Å². The van der Waals surface area contributed by atoms with Crippen LogP contribution in [0.2, 0.25) is 5.02 Å². The molecule has 38 heavy (non-hydrogen) atoms. The molecule has 0 saturated carbocycles. The molecular formula is C28H28ClFN6O2. The summed E-state index contributed by atoms with van der Waals surface area (Å²) < 4.78 is 15.2. The first-order valence-corrected chi connectivity index (χ1v) is 12.6. The van der Waals surface area contributed by atoms with Gasteiger partial charge < -0.3 is 25.3 Å². The van der Waals surface area contributed by atoms with Crippen molar-refractivity contribution in [2.75, 3.05) is 49.3 Å². The number of nitrogens with one attached hydrogen (secondary N) is 2. The highest BCUT2D eigenvalue weighted by atomic mass is 35.5. The Bertz CT molecular complexity index is 1390. The van der Waals surface area contributed by atoms with Gasteiger partial charge in [-0.05, 0) is 67.7 Å². The minimum absolute atomic E-state index is 0.0477. The third kappa shape index (κ3) is 5.34. The molecule has 5 rings (SSSR count). The van der Waals surface area contributed by atoms with Gasteiger partial charge in [-0.3, -0.25) is 9.79 Å². The number of rotatable bonds is 6. The molecule has 0 aliphatic carbocycles. The average molecular weight is 535 g/mol. The molecule has 2 heterocycles. The van der Waals surface area contributed by atoms with Crippen LogP contribution in [-0.2, 0) is 11.3 Å². The summed E-state index contributed by atoms with van der Waals surface area (Å²) in [5.41, 5.74) is 2.84. The number of likely N-dealkylation sites (N-methyl/N-ethyl adjacent to an activating group) is 1. The van der Waals surface area contributed by atoms with Gasteiger partial charge in [0.1, 0.15) is 17.7 Å². The molecule has 3 aromatic carbocycles. The van der Waals surface area contributed by atoms with Gasteiger partial charge in [-0.25, -0.2) is 9.18 Å². The summed E-state index contributed by atoms with van der Waals surface area (Å²) in [7, 11) is 3.91. The van der Waals surface area contributed by atoms with E-state index in [-0.39, 0.29) is 12.2 Å². The number of benzene rings is 3. The van der Waals surface area contributed by atoms with Crippen molar-refractivity contribution < 1.29 is 14.0 Å². The second kappa shape index (κ2) is 10.8. The van der Waals surface area contributed by atoms with Gasteiger partial charge in [-0.1, -0.05) is 35.9 Å².